The van der Waals surface area contributed by atoms with Crippen molar-refractivity contribution in [1.82, 2.24) is 10.6 Å². The Morgan fingerprint density at radius 1 is 0.818 bits per heavy atom. The van der Waals surface area contributed by atoms with Crippen LogP contribution in [0.2, 0.25) is 0 Å². The highest BCUT2D eigenvalue weighted by Gasteiger charge is 2.33. The van der Waals surface area contributed by atoms with E-state index in [9.17, 15) is 14.4 Å². The zero-order valence-electron chi connectivity index (χ0n) is 18.5. The number of nitrogens with zero attached hydrogens (tertiary/aromatic N) is 2. The Morgan fingerprint density at radius 3 is 2.24 bits per heavy atom. The molecule has 4 amide bonds. The van der Waals surface area contributed by atoms with Gasteiger partial charge in [-0.2, -0.15) is 0 Å². The number of fused-ring (bicyclic) bond motifs is 1. The van der Waals surface area contributed by atoms with Gasteiger partial charge >= 0.3 is 6.03 Å². The van der Waals surface area contributed by atoms with Crippen molar-refractivity contribution in [3.63, 3.8) is 0 Å². The van der Waals surface area contributed by atoms with Crippen LogP contribution in [0.1, 0.15) is 16.7 Å². The summed E-state index contributed by atoms with van der Waals surface area (Å²) in [5.41, 5.74) is 4.21. The summed E-state index contributed by atoms with van der Waals surface area (Å²) in [4.78, 5) is 41.3. The summed E-state index contributed by atoms with van der Waals surface area (Å²) in [6.07, 6.45) is 0. The van der Waals surface area contributed by atoms with Gasteiger partial charge < -0.3 is 10.6 Å². The lowest BCUT2D eigenvalue weighted by atomic mass is 10.1. The summed E-state index contributed by atoms with van der Waals surface area (Å²) in [6.45, 7) is 2.49. The van der Waals surface area contributed by atoms with Gasteiger partial charge in [0.05, 0.1) is 11.4 Å². The molecule has 0 fully saturated rings. The highest BCUT2D eigenvalue weighted by atomic mass is 16.2. The number of para-hydroxylation sites is 2. The fraction of sp³-hybridized carbons (Fsp3) is 0.192. The maximum absolute atomic E-state index is 12.9. The molecule has 2 N–H and O–H groups in total. The van der Waals surface area contributed by atoms with Crippen molar-refractivity contribution in [3.05, 3.63) is 95.6 Å². The summed E-state index contributed by atoms with van der Waals surface area (Å²) in [6, 6.07) is 24.2. The lowest BCUT2D eigenvalue weighted by Gasteiger charge is -2.35. The zero-order valence-corrected chi connectivity index (χ0v) is 18.5. The molecule has 1 aliphatic rings. The molecule has 3 aromatic rings. The smallest absolute Gasteiger partial charge is 0.322 e. The first-order chi connectivity index (χ1) is 16.0. The number of benzene rings is 3. The number of anilines is 2. The van der Waals surface area contributed by atoms with Crippen molar-refractivity contribution < 1.29 is 14.4 Å². The third kappa shape index (κ3) is 5.20. The van der Waals surface area contributed by atoms with Gasteiger partial charge in [0.15, 0.2) is 0 Å². The van der Waals surface area contributed by atoms with E-state index >= 15 is 0 Å². The molecule has 4 rings (SSSR count). The number of carbonyl (C=O) groups is 3. The Morgan fingerprint density at radius 2 is 1.48 bits per heavy atom. The summed E-state index contributed by atoms with van der Waals surface area (Å²) >= 11 is 0. The number of urea groups is 1. The first kappa shape index (κ1) is 22.1. The van der Waals surface area contributed by atoms with Gasteiger partial charge in [-0.05, 0) is 35.7 Å². The van der Waals surface area contributed by atoms with Crippen molar-refractivity contribution in [3.8, 4) is 0 Å². The van der Waals surface area contributed by atoms with Gasteiger partial charge in [-0.3, -0.25) is 19.4 Å². The van der Waals surface area contributed by atoms with E-state index in [-0.39, 0.29) is 30.9 Å². The molecule has 168 valence electrons. The standard InChI is InChI=1S/C26H26N4O3/c1-19-9-5-6-12-21(19)16-27-24(31)17-29-22-13-7-8-14-23(22)30(18-25(29)32)26(33)28-15-20-10-3-2-4-11-20/h2-14H,15-18H2,1H3,(H,27,31)(H,28,33). The number of nitrogens with one attached hydrogen (secondary N) is 2. The first-order valence-electron chi connectivity index (χ1n) is 10.8. The molecule has 0 saturated heterocycles. The monoisotopic (exact) mass is 442 g/mol. The Balaban J connectivity index is 1.44. The van der Waals surface area contributed by atoms with Gasteiger partial charge in [-0.1, -0.05) is 66.7 Å². The quantitative estimate of drug-likeness (QED) is 0.614. The fourth-order valence-electron chi connectivity index (χ4n) is 3.79. The molecular formula is C26H26N4O3. The molecule has 0 aromatic heterocycles. The molecule has 0 bridgehead atoms. The highest BCUT2D eigenvalue weighted by Crippen LogP contribution is 2.33. The molecule has 0 radical (unpaired) electrons. The second-order valence-corrected chi connectivity index (χ2v) is 7.90. The maximum Gasteiger partial charge on any atom is 0.322 e. The van der Waals surface area contributed by atoms with Crippen molar-refractivity contribution in [2.24, 2.45) is 0 Å². The second kappa shape index (κ2) is 9.99. The summed E-state index contributed by atoms with van der Waals surface area (Å²) < 4.78 is 0. The summed E-state index contributed by atoms with van der Waals surface area (Å²) in [5.74, 6) is -0.571. The van der Waals surface area contributed by atoms with Crippen LogP contribution in [0, 0.1) is 6.92 Å². The summed E-state index contributed by atoms with van der Waals surface area (Å²) in [5, 5.41) is 5.75. The minimum atomic E-state index is -0.358. The van der Waals surface area contributed by atoms with Gasteiger partial charge in [0.25, 0.3) is 0 Å². The molecule has 1 heterocycles. The predicted octanol–water partition coefficient (Wildman–Crippen LogP) is 3.37. The molecule has 0 atom stereocenters. The van der Waals surface area contributed by atoms with E-state index in [2.05, 4.69) is 10.6 Å². The molecule has 0 aliphatic carbocycles. The molecule has 0 unspecified atom stereocenters. The minimum absolute atomic E-state index is 0.110. The van der Waals surface area contributed by atoms with Crippen molar-refractivity contribution in [1.29, 1.82) is 0 Å². The van der Waals surface area contributed by atoms with Crippen LogP contribution in [-0.2, 0) is 22.7 Å². The number of carbonyl (C=O) groups excluding carboxylic acids is 3. The van der Waals surface area contributed by atoms with E-state index < -0.39 is 0 Å². The third-order valence-electron chi connectivity index (χ3n) is 5.63. The minimum Gasteiger partial charge on any atom is -0.350 e. The third-order valence-corrected chi connectivity index (χ3v) is 5.63. The van der Waals surface area contributed by atoms with Gasteiger partial charge in [0.1, 0.15) is 13.1 Å². The average Bonchev–Trinajstić information content (AvgIpc) is 2.84. The van der Waals surface area contributed by atoms with Crippen LogP contribution in [0.15, 0.2) is 78.9 Å². The van der Waals surface area contributed by atoms with Crippen molar-refractivity contribution in [2.45, 2.75) is 20.0 Å². The maximum atomic E-state index is 12.9. The normalized spacial score (nSPS) is 12.8. The van der Waals surface area contributed by atoms with Crippen LogP contribution in [0.3, 0.4) is 0 Å². The van der Waals surface area contributed by atoms with Crippen LogP contribution in [-0.4, -0.2) is 30.9 Å². The number of amides is 4. The van der Waals surface area contributed by atoms with Crippen LogP contribution >= 0.6 is 0 Å². The van der Waals surface area contributed by atoms with E-state index in [0.717, 1.165) is 16.7 Å². The van der Waals surface area contributed by atoms with Gasteiger partial charge in [0.2, 0.25) is 11.8 Å². The fourth-order valence-corrected chi connectivity index (χ4v) is 3.79. The molecule has 7 nitrogen and oxygen atoms in total. The van der Waals surface area contributed by atoms with Crippen LogP contribution in [0.25, 0.3) is 0 Å². The van der Waals surface area contributed by atoms with Crippen molar-refractivity contribution >= 4 is 29.2 Å². The van der Waals surface area contributed by atoms with Gasteiger partial charge in [-0.25, -0.2) is 4.79 Å². The lowest BCUT2D eigenvalue weighted by molar-refractivity contribution is -0.123. The second-order valence-electron chi connectivity index (χ2n) is 7.90. The topological polar surface area (TPSA) is 81.8 Å². The highest BCUT2D eigenvalue weighted by molar-refractivity contribution is 6.12. The Kier molecular flexibility index (Phi) is 6.69. The number of aryl methyl sites for hydroxylation is 1. The molecule has 1 aliphatic heterocycles. The molecule has 3 aromatic carbocycles. The number of hydrogen-bond donors (Lipinski definition) is 2. The number of rotatable bonds is 6. The van der Waals surface area contributed by atoms with E-state index in [1.54, 1.807) is 18.2 Å². The summed E-state index contributed by atoms with van der Waals surface area (Å²) in [7, 11) is 0. The molecule has 0 spiro atoms. The van der Waals surface area contributed by atoms with E-state index in [1.165, 1.54) is 9.80 Å². The number of hydrogen-bond acceptors (Lipinski definition) is 3. The van der Waals surface area contributed by atoms with Crippen molar-refractivity contribution in [2.75, 3.05) is 22.9 Å². The average molecular weight is 443 g/mol. The Labute approximate surface area is 193 Å². The lowest BCUT2D eigenvalue weighted by Crippen LogP contribution is -2.53. The molecular weight excluding hydrogens is 416 g/mol. The molecule has 7 heteroatoms. The Hall–Kier alpha value is -4.13. The van der Waals surface area contributed by atoms with E-state index in [0.29, 0.717) is 24.5 Å². The zero-order chi connectivity index (χ0) is 23.2. The Bertz CT molecular complexity index is 1160. The van der Waals surface area contributed by atoms with E-state index in [4.69, 9.17) is 0 Å². The van der Waals surface area contributed by atoms with Crippen LogP contribution in [0.4, 0.5) is 16.2 Å². The van der Waals surface area contributed by atoms with E-state index in [1.807, 2.05) is 67.6 Å². The van der Waals surface area contributed by atoms with Gasteiger partial charge in [0, 0.05) is 13.1 Å². The SMILES string of the molecule is Cc1ccccc1CNC(=O)CN1C(=O)CN(C(=O)NCc2ccccc2)c2ccccc21. The predicted molar refractivity (Wildman–Crippen MR) is 128 cm³/mol. The largest absolute Gasteiger partial charge is 0.350 e. The van der Waals surface area contributed by atoms with Crippen LogP contribution < -0.4 is 20.4 Å². The molecule has 0 saturated carbocycles. The van der Waals surface area contributed by atoms with Crippen LogP contribution in [0.5, 0.6) is 0 Å². The first-order valence-corrected chi connectivity index (χ1v) is 10.8. The van der Waals surface area contributed by atoms with Gasteiger partial charge in [-0.15, -0.1) is 0 Å². The molecule has 33 heavy (non-hydrogen) atoms.